The van der Waals surface area contributed by atoms with Crippen LogP contribution in [-0.4, -0.2) is 80.9 Å². The molecule has 0 saturated carbocycles. The van der Waals surface area contributed by atoms with Gasteiger partial charge in [0.2, 0.25) is 11.8 Å². The number of carbonyl (C=O) groups excluding carboxylic acids is 3. The SMILES string of the molecule is CCCN1CC=C[C@]2(C)S[C@]34C=CCN(c5ccccc5Cl)C(=O)C3N(CCO)C(=O)[C@@H]4[C@@H]2C1=O. The molecule has 35 heavy (non-hydrogen) atoms. The summed E-state index contributed by atoms with van der Waals surface area (Å²) in [5, 5.41) is 10.3. The third-order valence-corrected chi connectivity index (χ3v) is 9.73. The molecule has 7 nitrogen and oxygen atoms in total. The van der Waals surface area contributed by atoms with Crippen LogP contribution in [0.3, 0.4) is 0 Å². The summed E-state index contributed by atoms with van der Waals surface area (Å²) in [5.41, 5.74) is 0.578. The third kappa shape index (κ3) is 3.56. The molecule has 4 heterocycles. The van der Waals surface area contributed by atoms with Crippen LogP contribution in [-0.2, 0) is 14.4 Å². The molecule has 4 aliphatic rings. The highest BCUT2D eigenvalue weighted by Gasteiger charge is 2.73. The van der Waals surface area contributed by atoms with Crippen LogP contribution in [0.4, 0.5) is 5.69 Å². The van der Waals surface area contributed by atoms with Crippen molar-refractivity contribution in [3.05, 3.63) is 53.6 Å². The fourth-order valence-electron chi connectivity index (χ4n) is 6.28. The minimum Gasteiger partial charge on any atom is -0.395 e. The number of halogens is 1. The first-order chi connectivity index (χ1) is 16.8. The number of anilines is 1. The Kier molecular flexibility index (Phi) is 6.26. The van der Waals surface area contributed by atoms with Gasteiger partial charge in [-0.3, -0.25) is 14.4 Å². The molecule has 9 heteroatoms. The van der Waals surface area contributed by atoms with E-state index in [1.54, 1.807) is 34.9 Å². The number of aliphatic hydroxyl groups excluding tert-OH is 1. The first-order valence-electron chi connectivity index (χ1n) is 12.1. The average Bonchev–Trinajstić information content (AvgIpc) is 3.09. The number of thioether (sulfide) groups is 1. The minimum atomic E-state index is -0.923. The van der Waals surface area contributed by atoms with E-state index < -0.39 is 27.4 Å². The number of β-amino-alcohol motifs (C(OH)–C–C–N with tert-alkyl or cyclic N) is 1. The second kappa shape index (κ2) is 8.98. The molecule has 0 bridgehead atoms. The summed E-state index contributed by atoms with van der Waals surface area (Å²) < 4.78 is -1.55. The van der Waals surface area contributed by atoms with Crippen LogP contribution >= 0.6 is 23.4 Å². The molecule has 0 aromatic heterocycles. The quantitative estimate of drug-likeness (QED) is 0.610. The van der Waals surface area contributed by atoms with Crippen LogP contribution in [0.5, 0.6) is 0 Å². The highest BCUT2D eigenvalue weighted by Crippen LogP contribution is 2.65. The first kappa shape index (κ1) is 24.4. The normalized spacial score (nSPS) is 34.1. The molecule has 2 saturated heterocycles. The Morgan fingerprint density at radius 1 is 1.03 bits per heavy atom. The molecule has 3 amide bonds. The Balaban J connectivity index is 1.64. The molecule has 1 N–H and O–H groups in total. The largest absolute Gasteiger partial charge is 0.395 e. The van der Waals surface area contributed by atoms with Gasteiger partial charge < -0.3 is 19.8 Å². The number of likely N-dealkylation sites (tertiary alicyclic amines) is 1. The average molecular weight is 516 g/mol. The molecule has 5 rings (SSSR count). The van der Waals surface area contributed by atoms with Crippen LogP contribution < -0.4 is 4.90 Å². The Hall–Kier alpha value is -2.29. The van der Waals surface area contributed by atoms with Gasteiger partial charge in [-0.1, -0.05) is 55.0 Å². The van der Waals surface area contributed by atoms with Gasteiger partial charge in [0.05, 0.1) is 33.9 Å². The lowest BCUT2D eigenvalue weighted by Crippen LogP contribution is -2.54. The number of hydrogen-bond acceptors (Lipinski definition) is 5. The Morgan fingerprint density at radius 2 is 1.77 bits per heavy atom. The van der Waals surface area contributed by atoms with Crippen molar-refractivity contribution in [2.75, 3.05) is 37.7 Å². The number of rotatable bonds is 5. The second-order valence-electron chi connectivity index (χ2n) is 9.74. The van der Waals surface area contributed by atoms with Crippen LogP contribution in [0.1, 0.15) is 20.3 Å². The fourth-order valence-corrected chi connectivity index (χ4v) is 8.67. The summed E-state index contributed by atoms with van der Waals surface area (Å²) in [6.45, 7) is 5.25. The molecule has 0 radical (unpaired) electrons. The van der Waals surface area contributed by atoms with Crippen molar-refractivity contribution < 1.29 is 19.5 Å². The van der Waals surface area contributed by atoms with E-state index in [1.165, 1.54) is 4.90 Å². The lowest BCUT2D eigenvalue weighted by molar-refractivity contribution is -0.143. The lowest BCUT2D eigenvalue weighted by atomic mass is 9.74. The van der Waals surface area contributed by atoms with E-state index in [1.807, 2.05) is 43.0 Å². The van der Waals surface area contributed by atoms with Crippen molar-refractivity contribution in [1.29, 1.82) is 0 Å². The van der Waals surface area contributed by atoms with E-state index in [2.05, 4.69) is 6.08 Å². The summed E-state index contributed by atoms with van der Waals surface area (Å²) in [7, 11) is 0. The van der Waals surface area contributed by atoms with Gasteiger partial charge in [-0.05, 0) is 25.5 Å². The minimum absolute atomic E-state index is 0.0321. The number of nitrogens with zero attached hydrogens (tertiary/aromatic N) is 3. The summed E-state index contributed by atoms with van der Waals surface area (Å²) in [6.07, 6.45) is 8.79. The molecule has 1 unspecified atom stereocenters. The van der Waals surface area contributed by atoms with Gasteiger partial charge in [0.1, 0.15) is 6.04 Å². The Labute approximate surface area is 214 Å². The van der Waals surface area contributed by atoms with Gasteiger partial charge in [-0.2, -0.15) is 0 Å². The van der Waals surface area contributed by atoms with Crippen LogP contribution in [0.2, 0.25) is 5.02 Å². The molecular weight excluding hydrogens is 486 g/mol. The second-order valence-corrected chi connectivity index (χ2v) is 11.9. The standard InChI is InChI=1S/C26H30ClN3O4S/c1-3-12-28-13-6-10-25(2)19(22(28)32)20-23(33)30(15-16-31)21-24(34)29(14-7-11-26(20,21)35-25)18-9-5-4-8-17(18)27/h4-11,19-21,31H,3,12-16H2,1-2H3/t19-,20+,21?,25+,26+/m1/s1. The van der Waals surface area contributed by atoms with Gasteiger partial charge >= 0.3 is 0 Å². The van der Waals surface area contributed by atoms with Gasteiger partial charge in [-0.15, -0.1) is 11.8 Å². The van der Waals surface area contributed by atoms with Crippen molar-refractivity contribution >= 4 is 46.8 Å². The molecule has 1 aromatic rings. The van der Waals surface area contributed by atoms with E-state index in [-0.39, 0.29) is 30.9 Å². The van der Waals surface area contributed by atoms with Crippen LogP contribution in [0.15, 0.2) is 48.6 Å². The number of aliphatic hydroxyl groups is 1. The Morgan fingerprint density at radius 3 is 2.49 bits per heavy atom. The molecule has 2 fully saturated rings. The molecule has 0 aliphatic carbocycles. The van der Waals surface area contributed by atoms with Crippen LogP contribution in [0.25, 0.3) is 0 Å². The molecule has 5 atom stereocenters. The number of para-hydroxylation sites is 1. The smallest absolute Gasteiger partial charge is 0.251 e. The van der Waals surface area contributed by atoms with E-state index in [4.69, 9.17) is 11.6 Å². The highest BCUT2D eigenvalue weighted by molar-refractivity contribution is 8.02. The van der Waals surface area contributed by atoms with Crippen molar-refractivity contribution in [1.82, 2.24) is 9.80 Å². The van der Waals surface area contributed by atoms with Crippen molar-refractivity contribution in [2.45, 2.75) is 35.8 Å². The predicted octanol–water partition coefficient (Wildman–Crippen LogP) is 2.73. The third-order valence-electron chi connectivity index (χ3n) is 7.62. The molecule has 1 spiro atoms. The number of carbonyl (C=O) groups is 3. The van der Waals surface area contributed by atoms with Gasteiger partial charge in [0, 0.05) is 30.9 Å². The highest BCUT2D eigenvalue weighted by atomic mass is 35.5. The zero-order valence-electron chi connectivity index (χ0n) is 19.9. The summed E-state index contributed by atoms with van der Waals surface area (Å²) in [6, 6.07) is 6.30. The van der Waals surface area contributed by atoms with Gasteiger partial charge in [0.15, 0.2) is 0 Å². The zero-order valence-corrected chi connectivity index (χ0v) is 21.5. The fraction of sp³-hybridized carbons (Fsp3) is 0.500. The van der Waals surface area contributed by atoms with E-state index in [9.17, 15) is 19.5 Å². The maximum atomic E-state index is 14.2. The summed E-state index contributed by atoms with van der Waals surface area (Å²) >= 11 is 8.00. The van der Waals surface area contributed by atoms with E-state index in [0.29, 0.717) is 30.3 Å². The van der Waals surface area contributed by atoms with Crippen molar-refractivity contribution in [3.63, 3.8) is 0 Å². The summed E-state index contributed by atoms with van der Waals surface area (Å²) in [5.74, 6) is -1.83. The maximum absolute atomic E-state index is 14.2. The Bertz CT molecular complexity index is 1130. The number of fused-ring (bicyclic) bond motifs is 2. The van der Waals surface area contributed by atoms with Gasteiger partial charge in [-0.25, -0.2) is 0 Å². The number of amides is 3. The zero-order chi connectivity index (χ0) is 25.0. The topological polar surface area (TPSA) is 81.2 Å². The number of benzene rings is 1. The van der Waals surface area contributed by atoms with Gasteiger partial charge in [0.25, 0.3) is 5.91 Å². The monoisotopic (exact) mass is 515 g/mol. The summed E-state index contributed by atoms with van der Waals surface area (Å²) in [4.78, 5) is 47.0. The van der Waals surface area contributed by atoms with Crippen molar-refractivity contribution in [3.8, 4) is 0 Å². The lowest BCUT2D eigenvalue weighted by Gasteiger charge is -2.36. The van der Waals surface area contributed by atoms with Crippen molar-refractivity contribution in [2.24, 2.45) is 11.8 Å². The molecular formula is C26H30ClN3O4S. The van der Waals surface area contributed by atoms with E-state index >= 15 is 0 Å². The van der Waals surface area contributed by atoms with E-state index in [0.717, 1.165) is 6.42 Å². The number of hydrogen-bond donors (Lipinski definition) is 1. The predicted molar refractivity (Wildman–Crippen MR) is 137 cm³/mol. The maximum Gasteiger partial charge on any atom is 0.251 e. The van der Waals surface area contributed by atoms with Crippen LogP contribution in [0, 0.1) is 11.8 Å². The molecule has 1 aromatic carbocycles. The molecule has 186 valence electrons. The first-order valence-corrected chi connectivity index (χ1v) is 13.3. The molecule has 4 aliphatic heterocycles.